The summed E-state index contributed by atoms with van der Waals surface area (Å²) in [5.41, 5.74) is 4.77. The first-order chi connectivity index (χ1) is 9.56. The van der Waals surface area contributed by atoms with Gasteiger partial charge in [0.25, 0.3) is 5.91 Å². The van der Waals surface area contributed by atoms with E-state index in [-0.39, 0.29) is 12.5 Å². The van der Waals surface area contributed by atoms with Crippen molar-refractivity contribution in [2.45, 2.75) is 26.7 Å². The van der Waals surface area contributed by atoms with Crippen LogP contribution in [0, 0.1) is 6.92 Å². The van der Waals surface area contributed by atoms with E-state index in [1.165, 1.54) is 22.9 Å². The minimum Gasteiger partial charge on any atom is -0.483 e. The first kappa shape index (κ1) is 14.0. The lowest BCUT2D eigenvalue weighted by molar-refractivity contribution is -0.119. The second kappa shape index (κ2) is 6.18. The third-order valence-electron chi connectivity index (χ3n) is 2.91. The molecule has 1 N–H and O–H groups in total. The van der Waals surface area contributed by atoms with Gasteiger partial charge < -0.3 is 4.74 Å². The third-order valence-corrected chi connectivity index (χ3v) is 2.91. The number of aromatic nitrogens is 3. The largest absolute Gasteiger partial charge is 0.483 e. The van der Waals surface area contributed by atoms with Crippen molar-refractivity contribution in [1.29, 1.82) is 0 Å². The molecule has 1 aromatic carbocycles. The van der Waals surface area contributed by atoms with Crippen molar-refractivity contribution >= 4 is 5.91 Å². The Morgan fingerprint density at radius 1 is 1.35 bits per heavy atom. The maximum absolute atomic E-state index is 11.7. The fourth-order valence-corrected chi connectivity index (χ4v) is 1.71. The average Bonchev–Trinajstić information content (AvgIpc) is 2.90. The molecule has 106 valence electrons. The van der Waals surface area contributed by atoms with Crippen molar-refractivity contribution in [3.05, 3.63) is 42.0 Å². The van der Waals surface area contributed by atoms with E-state index in [9.17, 15) is 4.79 Å². The Bertz CT molecular complexity index is 579. The zero-order valence-corrected chi connectivity index (χ0v) is 11.8. The highest BCUT2D eigenvalue weighted by molar-refractivity contribution is 5.85. The molecule has 0 saturated carbocycles. The van der Waals surface area contributed by atoms with Gasteiger partial charge >= 0.3 is 0 Å². The molecule has 0 bridgehead atoms. The highest BCUT2D eigenvalue weighted by Gasteiger charge is 2.08. The molecule has 2 rings (SSSR count). The molecule has 1 aromatic heterocycles. The fraction of sp³-hybridized carbons (Fsp3) is 0.357. The van der Waals surface area contributed by atoms with Crippen molar-refractivity contribution in [1.82, 2.24) is 14.9 Å². The summed E-state index contributed by atoms with van der Waals surface area (Å²) in [6.45, 7) is 6.14. The molecule has 1 amide bonds. The second-order valence-electron chi connectivity index (χ2n) is 4.87. The minimum atomic E-state index is -0.265. The highest BCUT2D eigenvalue weighted by Crippen LogP contribution is 2.24. The molecular weight excluding hydrogens is 256 g/mol. The van der Waals surface area contributed by atoms with Crippen LogP contribution in [0.4, 0.5) is 0 Å². The summed E-state index contributed by atoms with van der Waals surface area (Å²) in [6.07, 6.45) is 2.81. The van der Waals surface area contributed by atoms with Crippen molar-refractivity contribution in [2.75, 3.05) is 12.0 Å². The van der Waals surface area contributed by atoms with Crippen LogP contribution in [0.3, 0.4) is 0 Å². The van der Waals surface area contributed by atoms with Gasteiger partial charge in [-0.3, -0.25) is 10.2 Å². The van der Waals surface area contributed by atoms with Crippen molar-refractivity contribution in [3.63, 3.8) is 0 Å². The molecule has 0 aliphatic heterocycles. The summed E-state index contributed by atoms with van der Waals surface area (Å²) in [7, 11) is 0. The van der Waals surface area contributed by atoms with Crippen molar-refractivity contribution in [3.8, 4) is 5.75 Å². The number of nitrogens with one attached hydrogen (secondary N) is 1. The molecule has 0 aliphatic carbocycles. The Kier molecular flexibility index (Phi) is 4.34. The van der Waals surface area contributed by atoms with Gasteiger partial charge in [-0.25, -0.2) is 4.68 Å². The summed E-state index contributed by atoms with van der Waals surface area (Å²) in [5, 5.41) is 7.19. The number of carbonyl (C=O) groups is 1. The van der Waals surface area contributed by atoms with E-state index < -0.39 is 0 Å². The average molecular weight is 274 g/mol. The number of ether oxygens (including phenoxy) is 1. The summed E-state index contributed by atoms with van der Waals surface area (Å²) < 4.78 is 6.95. The lowest BCUT2D eigenvalue weighted by Crippen LogP contribution is -2.27. The van der Waals surface area contributed by atoms with Crippen LogP contribution in [0.15, 0.2) is 30.9 Å². The summed E-state index contributed by atoms with van der Waals surface area (Å²) in [4.78, 5) is 11.7. The lowest BCUT2D eigenvalue weighted by Gasteiger charge is -2.12. The molecule has 0 aliphatic rings. The van der Waals surface area contributed by atoms with Gasteiger partial charge in [-0.1, -0.05) is 26.0 Å². The number of hydrogen-bond donors (Lipinski definition) is 1. The number of hydrogen-bond acceptors (Lipinski definition) is 4. The molecule has 2 aromatic rings. The molecule has 0 radical (unpaired) electrons. The van der Waals surface area contributed by atoms with Crippen molar-refractivity contribution < 1.29 is 9.53 Å². The number of benzene rings is 1. The Morgan fingerprint density at radius 2 is 2.05 bits per heavy atom. The fourth-order valence-electron chi connectivity index (χ4n) is 1.71. The molecule has 6 nitrogen and oxygen atoms in total. The van der Waals surface area contributed by atoms with Gasteiger partial charge in [0.05, 0.1) is 0 Å². The van der Waals surface area contributed by atoms with E-state index in [4.69, 9.17) is 4.74 Å². The first-order valence-electron chi connectivity index (χ1n) is 6.44. The van der Waals surface area contributed by atoms with Crippen molar-refractivity contribution in [2.24, 2.45) is 0 Å². The summed E-state index contributed by atoms with van der Waals surface area (Å²) in [6, 6.07) is 6.05. The zero-order valence-electron chi connectivity index (χ0n) is 11.8. The molecular formula is C14H18N4O2. The molecule has 0 spiro atoms. The molecule has 1 heterocycles. The third kappa shape index (κ3) is 3.57. The predicted molar refractivity (Wildman–Crippen MR) is 75.2 cm³/mol. The molecule has 0 unspecified atom stereocenters. The Labute approximate surface area is 117 Å². The van der Waals surface area contributed by atoms with Gasteiger partial charge in [0, 0.05) is 0 Å². The van der Waals surface area contributed by atoms with Crippen LogP contribution in [0.5, 0.6) is 5.75 Å². The molecule has 0 atom stereocenters. The van der Waals surface area contributed by atoms with Gasteiger partial charge in [-0.05, 0) is 30.0 Å². The van der Waals surface area contributed by atoms with E-state index in [1.54, 1.807) is 0 Å². The molecule has 0 fully saturated rings. The summed E-state index contributed by atoms with van der Waals surface area (Å²) in [5.74, 6) is 0.887. The van der Waals surface area contributed by atoms with Crippen LogP contribution in [-0.4, -0.2) is 27.4 Å². The van der Waals surface area contributed by atoms with Gasteiger partial charge in [0.15, 0.2) is 6.61 Å². The lowest BCUT2D eigenvalue weighted by atomic mass is 10.0. The number of amides is 1. The predicted octanol–water partition coefficient (Wildman–Crippen LogP) is 1.86. The molecule has 20 heavy (non-hydrogen) atoms. The van der Waals surface area contributed by atoms with Crippen LogP contribution < -0.4 is 10.2 Å². The van der Waals surface area contributed by atoms with Crippen LogP contribution >= 0.6 is 0 Å². The first-order valence-corrected chi connectivity index (χ1v) is 6.44. The molecule has 0 saturated heterocycles. The Hall–Kier alpha value is -2.37. The van der Waals surface area contributed by atoms with E-state index in [0.717, 1.165) is 11.3 Å². The maximum Gasteiger partial charge on any atom is 0.276 e. The highest BCUT2D eigenvalue weighted by atomic mass is 16.5. The van der Waals surface area contributed by atoms with Crippen LogP contribution in [0.25, 0.3) is 0 Å². The van der Waals surface area contributed by atoms with Crippen LogP contribution in [-0.2, 0) is 4.79 Å². The smallest absolute Gasteiger partial charge is 0.276 e. The Balaban J connectivity index is 1.96. The quantitative estimate of drug-likeness (QED) is 0.903. The van der Waals surface area contributed by atoms with Gasteiger partial charge in [0.1, 0.15) is 18.4 Å². The number of nitrogens with zero attached hydrogens (tertiary/aromatic N) is 3. The topological polar surface area (TPSA) is 69.0 Å². The SMILES string of the molecule is Cc1ccc(C(C)C)cc1OCC(=O)Nn1cnnc1. The van der Waals surface area contributed by atoms with Gasteiger partial charge in [-0.2, -0.15) is 0 Å². The van der Waals surface area contributed by atoms with E-state index in [1.807, 2.05) is 19.1 Å². The van der Waals surface area contributed by atoms with E-state index in [2.05, 4.69) is 35.5 Å². The van der Waals surface area contributed by atoms with Crippen LogP contribution in [0.1, 0.15) is 30.9 Å². The normalized spacial score (nSPS) is 10.6. The van der Waals surface area contributed by atoms with Crippen LogP contribution in [0.2, 0.25) is 0 Å². The number of aryl methyl sites for hydroxylation is 1. The summed E-state index contributed by atoms with van der Waals surface area (Å²) >= 11 is 0. The van der Waals surface area contributed by atoms with E-state index >= 15 is 0 Å². The van der Waals surface area contributed by atoms with Gasteiger partial charge in [0.2, 0.25) is 0 Å². The monoisotopic (exact) mass is 274 g/mol. The Morgan fingerprint density at radius 3 is 2.70 bits per heavy atom. The van der Waals surface area contributed by atoms with E-state index in [0.29, 0.717) is 5.92 Å². The number of carbonyl (C=O) groups excluding carboxylic acids is 1. The standard InChI is InChI=1S/C14H18N4O2/c1-10(2)12-5-4-11(3)13(6-12)20-7-14(19)17-18-8-15-16-9-18/h4-6,8-10H,7H2,1-3H3,(H,17,19). The number of rotatable bonds is 5. The minimum absolute atomic E-state index is 0.0550. The zero-order chi connectivity index (χ0) is 14.5. The second-order valence-corrected chi connectivity index (χ2v) is 4.87. The maximum atomic E-state index is 11.7. The molecule has 6 heteroatoms. The van der Waals surface area contributed by atoms with Gasteiger partial charge in [-0.15, -0.1) is 10.2 Å².